The van der Waals surface area contributed by atoms with Crippen LogP contribution in [0.1, 0.15) is 48.6 Å². The van der Waals surface area contributed by atoms with Crippen LogP contribution in [-0.2, 0) is 11.8 Å². The Morgan fingerprint density at radius 1 is 1.04 bits per heavy atom. The molecule has 3 heteroatoms. The number of aromatic hydroxyl groups is 1. The zero-order valence-corrected chi connectivity index (χ0v) is 15.4. The van der Waals surface area contributed by atoms with E-state index >= 15 is 0 Å². The quantitative estimate of drug-likeness (QED) is 0.670. The summed E-state index contributed by atoms with van der Waals surface area (Å²) in [6.07, 6.45) is 0.488. The van der Waals surface area contributed by atoms with Gasteiger partial charge in [-0.05, 0) is 53.6 Å². The highest BCUT2D eigenvalue weighted by atomic mass is 16.4. The van der Waals surface area contributed by atoms with Crippen molar-refractivity contribution in [3.63, 3.8) is 0 Å². The van der Waals surface area contributed by atoms with Crippen molar-refractivity contribution in [2.75, 3.05) is 0 Å². The van der Waals surface area contributed by atoms with E-state index in [4.69, 9.17) is 4.42 Å². The van der Waals surface area contributed by atoms with E-state index in [2.05, 4.69) is 45.0 Å². The summed E-state index contributed by atoms with van der Waals surface area (Å²) in [5.41, 5.74) is 4.74. The molecule has 0 aliphatic carbocycles. The highest BCUT2D eigenvalue weighted by Crippen LogP contribution is 2.30. The maximum absolute atomic E-state index is 12.5. The lowest BCUT2D eigenvalue weighted by Gasteiger charge is -2.19. The molecule has 3 rings (SSSR count). The van der Waals surface area contributed by atoms with Gasteiger partial charge < -0.3 is 9.52 Å². The first-order valence-electron chi connectivity index (χ1n) is 8.52. The molecular formula is C22H24O3. The van der Waals surface area contributed by atoms with Gasteiger partial charge in [0, 0.05) is 12.0 Å². The van der Waals surface area contributed by atoms with Gasteiger partial charge in [-0.3, -0.25) is 0 Å². The van der Waals surface area contributed by atoms with Crippen molar-refractivity contribution >= 4 is 11.0 Å². The first kappa shape index (κ1) is 17.3. The highest BCUT2D eigenvalue weighted by molar-refractivity contribution is 5.87. The van der Waals surface area contributed by atoms with E-state index in [0.717, 1.165) is 16.7 Å². The predicted octanol–water partition coefficient (Wildman–Crippen LogP) is 5.00. The van der Waals surface area contributed by atoms with E-state index in [-0.39, 0.29) is 16.8 Å². The van der Waals surface area contributed by atoms with E-state index in [1.165, 1.54) is 5.56 Å². The van der Waals surface area contributed by atoms with Crippen molar-refractivity contribution in [2.24, 2.45) is 0 Å². The molecule has 0 aliphatic heterocycles. The largest absolute Gasteiger partial charge is 0.507 e. The Labute approximate surface area is 147 Å². The van der Waals surface area contributed by atoms with Gasteiger partial charge in [-0.25, -0.2) is 4.79 Å². The fourth-order valence-electron chi connectivity index (χ4n) is 3.19. The molecule has 3 aromatic rings. The van der Waals surface area contributed by atoms with Crippen LogP contribution in [0.2, 0.25) is 0 Å². The van der Waals surface area contributed by atoms with E-state index in [9.17, 15) is 9.90 Å². The van der Waals surface area contributed by atoms with Crippen molar-refractivity contribution in [1.29, 1.82) is 0 Å². The first-order chi connectivity index (χ1) is 11.7. The number of rotatable bonds is 2. The van der Waals surface area contributed by atoms with Gasteiger partial charge >= 0.3 is 5.63 Å². The van der Waals surface area contributed by atoms with Crippen molar-refractivity contribution in [2.45, 2.75) is 46.5 Å². The zero-order chi connectivity index (χ0) is 18.4. The number of hydrogen-bond acceptors (Lipinski definition) is 3. The fraction of sp³-hybridized carbons (Fsp3) is 0.318. The molecule has 1 N–H and O–H groups in total. The summed E-state index contributed by atoms with van der Waals surface area (Å²) in [5, 5.41) is 10.9. The van der Waals surface area contributed by atoms with Crippen molar-refractivity contribution in [3.8, 4) is 5.75 Å². The lowest BCUT2D eigenvalue weighted by atomic mass is 9.86. The Balaban J connectivity index is 2.06. The molecule has 25 heavy (non-hydrogen) atoms. The van der Waals surface area contributed by atoms with Gasteiger partial charge in [-0.1, -0.05) is 45.0 Å². The molecule has 0 fully saturated rings. The number of phenolic OH excluding ortho intramolecular Hbond substituents is 1. The van der Waals surface area contributed by atoms with Crippen molar-refractivity contribution < 1.29 is 9.52 Å². The Kier molecular flexibility index (Phi) is 4.19. The summed E-state index contributed by atoms with van der Waals surface area (Å²) in [6.45, 7) is 10.3. The monoisotopic (exact) mass is 336 g/mol. The normalized spacial score (nSPS) is 11.9. The van der Waals surface area contributed by atoms with Crippen LogP contribution >= 0.6 is 0 Å². The molecule has 3 nitrogen and oxygen atoms in total. The maximum Gasteiger partial charge on any atom is 0.340 e. The Morgan fingerprint density at radius 2 is 1.68 bits per heavy atom. The molecular weight excluding hydrogens is 312 g/mol. The molecule has 0 radical (unpaired) electrons. The minimum atomic E-state index is -0.338. The number of benzene rings is 2. The standard InChI is InChI=1S/C22H24O3/c1-13-10-18(23)20-14(2)17(21(24)25-19(20)11-13)12-15-6-8-16(9-7-15)22(3,4)5/h6-11,23H,12H2,1-5H3. The smallest absolute Gasteiger partial charge is 0.340 e. The maximum atomic E-state index is 12.5. The van der Waals surface area contributed by atoms with E-state index < -0.39 is 0 Å². The summed E-state index contributed by atoms with van der Waals surface area (Å²) in [6, 6.07) is 11.8. The van der Waals surface area contributed by atoms with Crippen LogP contribution in [-0.4, -0.2) is 5.11 Å². The number of aryl methyl sites for hydroxylation is 2. The Bertz CT molecular complexity index is 987. The van der Waals surface area contributed by atoms with Crippen LogP contribution in [0, 0.1) is 13.8 Å². The van der Waals surface area contributed by atoms with Gasteiger partial charge in [-0.2, -0.15) is 0 Å². The van der Waals surface area contributed by atoms with Crippen LogP contribution < -0.4 is 5.63 Å². The van der Waals surface area contributed by atoms with E-state index in [0.29, 0.717) is 23.0 Å². The van der Waals surface area contributed by atoms with Gasteiger partial charge in [-0.15, -0.1) is 0 Å². The topological polar surface area (TPSA) is 50.4 Å². The molecule has 0 amide bonds. The molecule has 1 heterocycles. The SMILES string of the molecule is Cc1cc(O)c2c(C)c(Cc3ccc(C(C)(C)C)cc3)c(=O)oc2c1. The van der Waals surface area contributed by atoms with Crippen molar-refractivity contribution in [1.82, 2.24) is 0 Å². The van der Waals surface area contributed by atoms with E-state index in [1.54, 1.807) is 12.1 Å². The Morgan fingerprint density at radius 3 is 2.28 bits per heavy atom. The van der Waals surface area contributed by atoms with Crippen LogP contribution in [0.4, 0.5) is 0 Å². The van der Waals surface area contributed by atoms with Crippen LogP contribution in [0.3, 0.4) is 0 Å². The van der Waals surface area contributed by atoms with Gasteiger partial charge in [0.15, 0.2) is 0 Å². The summed E-state index contributed by atoms with van der Waals surface area (Å²) >= 11 is 0. The van der Waals surface area contributed by atoms with Crippen LogP contribution in [0.25, 0.3) is 11.0 Å². The molecule has 0 bridgehead atoms. The second kappa shape index (κ2) is 6.07. The summed E-state index contributed by atoms with van der Waals surface area (Å²) in [4.78, 5) is 12.5. The van der Waals surface area contributed by atoms with Gasteiger partial charge in [0.1, 0.15) is 11.3 Å². The van der Waals surface area contributed by atoms with Gasteiger partial charge in [0.2, 0.25) is 0 Å². The summed E-state index contributed by atoms with van der Waals surface area (Å²) in [5.74, 6) is 0.153. The minimum absolute atomic E-state index is 0.0973. The molecule has 0 aliphatic rings. The zero-order valence-electron chi connectivity index (χ0n) is 15.4. The van der Waals surface area contributed by atoms with Crippen molar-refractivity contribution in [3.05, 3.63) is 74.6 Å². The molecule has 1 aromatic heterocycles. The third-order valence-electron chi connectivity index (χ3n) is 4.70. The number of fused-ring (bicyclic) bond motifs is 1. The average Bonchev–Trinajstić information content (AvgIpc) is 2.50. The Hall–Kier alpha value is -2.55. The molecule has 0 saturated heterocycles. The predicted molar refractivity (Wildman–Crippen MR) is 102 cm³/mol. The second-order valence-corrected chi connectivity index (χ2v) is 7.77. The summed E-state index contributed by atoms with van der Waals surface area (Å²) < 4.78 is 5.47. The molecule has 0 unspecified atom stereocenters. The lowest BCUT2D eigenvalue weighted by Crippen LogP contribution is -2.12. The molecule has 130 valence electrons. The highest BCUT2D eigenvalue weighted by Gasteiger charge is 2.16. The molecule has 2 aromatic carbocycles. The van der Waals surface area contributed by atoms with E-state index in [1.807, 2.05) is 13.8 Å². The molecule has 0 atom stereocenters. The van der Waals surface area contributed by atoms with Gasteiger partial charge in [0.25, 0.3) is 0 Å². The number of phenols is 1. The molecule has 0 spiro atoms. The number of hydrogen-bond donors (Lipinski definition) is 1. The van der Waals surface area contributed by atoms with Crippen LogP contribution in [0.15, 0.2) is 45.6 Å². The minimum Gasteiger partial charge on any atom is -0.507 e. The third-order valence-corrected chi connectivity index (χ3v) is 4.70. The first-order valence-corrected chi connectivity index (χ1v) is 8.52. The molecule has 0 saturated carbocycles. The van der Waals surface area contributed by atoms with Gasteiger partial charge in [0.05, 0.1) is 5.39 Å². The van der Waals surface area contributed by atoms with Crippen LogP contribution in [0.5, 0.6) is 5.75 Å². The average molecular weight is 336 g/mol. The fourth-order valence-corrected chi connectivity index (χ4v) is 3.19. The second-order valence-electron chi connectivity index (χ2n) is 7.77. The third kappa shape index (κ3) is 3.32. The lowest BCUT2D eigenvalue weighted by molar-refractivity contribution is 0.477. The summed E-state index contributed by atoms with van der Waals surface area (Å²) in [7, 11) is 0.